The summed E-state index contributed by atoms with van der Waals surface area (Å²) >= 11 is 0. The molecule has 6 nitrogen and oxygen atoms in total. The molecule has 0 spiro atoms. The molecule has 0 aliphatic rings. The number of hydrogen-bond donors (Lipinski definition) is 3. The maximum Gasteiger partial charge on any atom is 0.323 e. The number of nitrogens with one attached hydrogen (secondary N) is 3. The number of para-hydroxylation sites is 1. The number of aliphatic imine (C=N–C) groups is 1. The number of benzene rings is 3. The number of carbonyl (C=O) groups is 1. The number of urea groups is 1. The number of H-pyrrole nitrogens is 1. The minimum Gasteiger partial charge on any atom is -0.308 e. The van der Waals surface area contributed by atoms with Gasteiger partial charge < -0.3 is 10.6 Å². The van der Waals surface area contributed by atoms with Gasteiger partial charge in [0.25, 0.3) is 0 Å². The van der Waals surface area contributed by atoms with Crippen LogP contribution in [-0.4, -0.2) is 22.4 Å². The molecule has 0 unspecified atom stereocenters. The molecule has 0 saturated heterocycles. The van der Waals surface area contributed by atoms with Crippen LogP contribution in [0.1, 0.15) is 5.69 Å². The third-order valence-electron chi connectivity index (χ3n) is 4.04. The molecule has 0 fully saturated rings. The van der Waals surface area contributed by atoms with Crippen LogP contribution in [-0.2, 0) is 0 Å². The first-order valence-corrected chi connectivity index (χ1v) is 8.58. The van der Waals surface area contributed by atoms with Crippen molar-refractivity contribution in [3.05, 3.63) is 84.3 Å². The summed E-state index contributed by atoms with van der Waals surface area (Å²) < 4.78 is 12.9. The highest BCUT2D eigenvalue weighted by Gasteiger charge is 2.07. The Labute approximate surface area is 160 Å². The summed E-state index contributed by atoms with van der Waals surface area (Å²) in [7, 11) is 0. The van der Waals surface area contributed by atoms with Crippen molar-refractivity contribution in [2.75, 3.05) is 10.6 Å². The van der Waals surface area contributed by atoms with Gasteiger partial charge in [0.05, 0.1) is 23.1 Å². The van der Waals surface area contributed by atoms with Gasteiger partial charge in [-0.25, -0.2) is 9.18 Å². The molecule has 1 heterocycles. The van der Waals surface area contributed by atoms with Crippen molar-refractivity contribution in [3.8, 4) is 0 Å². The average molecular weight is 373 g/mol. The summed E-state index contributed by atoms with van der Waals surface area (Å²) in [5.74, 6) is -0.360. The Kier molecular flexibility index (Phi) is 4.79. The Balaban J connectivity index is 1.47. The van der Waals surface area contributed by atoms with Gasteiger partial charge in [-0.1, -0.05) is 18.2 Å². The van der Waals surface area contributed by atoms with Gasteiger partial charge in [0, 0.05) is 16.8 Å². The minimum absolute atomic E-state index is 0.360. The van der Waals surface area contributed by atoms with E-state index in [1.54, 1.807) is 18.3 Å². The van der Waals surface area contributed by atoms with Crippen LogP contribution in [0.25, 0.3) is 10.9 Å². The van der Waals surface area contributed by atoms with Gasteiger partial charge in [0.1, 0.15) is 5.82 Å². The molecule has 3 aromatic carbocycles. The summed E-state index contributed by atoms with van der Waals surface area (Å²) in [5.41, 5.74) is 3.42. The Bertz CT molecular complexity index is 1140. The number of fused-ring (bicyclic) bond motifs is 1. The van der Waals surface area contributed by atoms with Crippen LogP contribution in [0.4, 0.5) is 26.2 Å². The molecule has 0 bridgehead atoms. The molecule has 138 valence electrons. The lowest BCUT2D eigenvalue weighted by Gasteiger charge is -2.07. The van der Waals surface area contributed by atoms with E-state index in [2.05, 4.69) is 25.8 Å². The zero-order valence-electron chi connectivity index (χ0n) is 14.7. The van der Waals surface area contributed by atoms with Crippen molar-refractivity contribution < 1.29 is 9.18 Å². The van der Waals surface area contributed by atoms with Gasteiger partial charge in [0.2, 0.25) is 0 Å². The van der Waals surface area contributed by atoms with E-state index in [1.807, 2.05) is 36.4 Å². The first-order valence-electron chi connectivity index (χ1n) is 8.58. The van der Waals surface area contributed by atoms with E-state index in [1.165, 1.54) is 24.3 Å². The molecule has 4 rings (SSSR count). The van der Waals surface area contributed by atoms with Crippen molar-refractivity contribution >= 4 is 40.2 Å². The summed E-state index contributed by atoms with van der Waals surface area (Å²) in [5, 5.41) is 13.5. The van der Waals surface area contributed by atoms with Crippen LogP contribution in [0.3, 0.4) is 0 Å². The molecule has 1 aromatic heterocycles. The number of halogens is 1. The van der Waals surface area contributed by atoms with Crippen LogP contribution >= 0.6 is 0 Å². The summed E-state index contributed by atoms with van der Waals surface area (Å²) in [4.78, 5) is 16.5. The number of carbonyl (C=O) groups excluding carboxylic acids is 1. The molecule has 7 heteroatoms. The Hall–Kier alpha value is -4.00. The van der Waals surface area contributed by atoms with Crippen LogP contribution in [0.2, 0.25) is 0 Å². The second-order valence-electron chi connectivity index (χ2n) is 6.05. The summed E-state index contributed by atoms with van der Waals surface area (Å²) in [6, 6.07) is 20.1. The number of aromatic nitrogens is 2. The Morgan fingerprint density at radius 1 is 0.964 bits per heavy atom. The number of amides is 2. The SMILES string of the molecule is O=C(Nc1ccc(F)cc1)Nc1ccc2c(C=Nc3ccccc3)[nH]nc2c1. The van der Waals surface area contributed by atoms with Crippen molar-refractivity contribution in [1.29, 1.82) is 0 Å². The molecule has 0 radical (unpaired) electrons. The van der Waals surface area contributed by atoms with E-state index in [-0.39, 0.29) is 5.82 Å². The standard InChI is InChI=1S/C21H16FN5O/c22-14-6-8-16(9-7-14)24-21(28)25-17-10-11-18-19(12-17)26-27-20(18)13-23-15-4-2-1-3-5-15/h1-13H,(H,26,27)(H2,24,25,28). The Morgan fingerprint density at radius 2 is 1.68 bits per heavy atom. The second kappa shape index (κ2) is 7.71. The zero-order valence-corrected chi connectivity index (χ0v) is 14.7. The molecule has 2 amide bonds. The number of anilines is 2. The highest BCUT2D eigenvalue weighted by Crippen LogP contribution is 2.20. The van der Waals surface area contributed by atoms with Crippen molar-refractivity contribution in [3.63, 3.8) is 0 Å². The van der Waals surface area contributed by atoms with Crippen LogP contribution < -0.4 is 10.6 Å². The molecular formula is C21H16FN5O. The highest BCUT2D eigenvalue weighted by atomic mass is 19.1. The fraction of sp³-hybridized carbons (Fsp3) is 0. The van der Waals surface area contributed by atoms with Crippen molar-refractivity contribution in [1.82, 2.24) is 10.2 Å². The smallest absolute Gasteiger partial charge is 0.308 e. The van der Waals surface area contributed by atoms with Crippen LogP contribution in [0.15, 0.2) is 77.8 Å². The largest absolute Gasteiger partial charge is 0.323 e. The van der Waals surface area contributed by atoms with Gasteiger partial charge in [0.15, 0.2) is 0 Å². The van der Waals surface area contributed by atoms with Crippen LogP contribution in [0.5, 0.6) is 0 Å². The average Bonchev–Trinajstić information content (AvgIpc) is 3.11. The lowest BCUT2D eigenvalue weighted by Crippen LogP contribution is -2.19. The lowest BCUT2D eigenvalue weighted by atomic mass is 10.2. The highest BCUT2D eigenvalue weighted by molar-refractivity contribution is 6.02. The van der Waals surface area contributed by atoms with E-state index in [0.717, 1.165) is 16.8 Å². The number of rotatable bonds is 4. The van der Waals surface area contributed by atoms with Gasteiger partial charge in [-0.2, -0.15) is 5.10 Å². The maximum atomic E-state index is 12.9. The normalized spacial score (nSPS) is 11.0. The van der Waals surface area contributed by atoms with E-state index in [9.17, 15) is 9.18 Å². The molecule has 4 aromatic rings. The quantitative estimate of drug-likeness (QED) is 0.435. The van der Waals surface area contributed by atoms with Gasteiger partial charge >= 0.3 is 6.03 Å². The second-order valence-corrected chi connectivity index (χ2v) is 6.05. The third-order valence-corrected chi connectivity index (χ3v) is 4.04. The number of hydrogen-bond acceptors (Lipinski definition) is 3. The van der Waals surface area contributed by atoms with E-state index in [0.29, 0.717) is 16.9 Å². The maximum absolute atomic E-state index is 12.9. The minimum atomic E-state index is -0.424. The zero-order chi connectivity index (χ0) is 19.3. The summed E-state index contributed by atoms with van der Waals surface area (Å²) in [6.07, 6.45) is 1.72. The van der Waals surface area contributed by atoms with Crippen molar-refractivity contribution in [2.45, 2.75) is 0 Å². The molecule has 0 atom stereocenters. The van der Waals surface area contributed by atoms with Gasteiger partial charge in [-0.05, 0) is 54.6 Å². The van der Waals surface area contributed by atoms with E-state index >= 15 is 0 Å². The first-order chi connectivity index (χ1) is 13.7. The topological polar surface area (TPSA) is 82.2 Å². The van der Waals surface area contributed by atoms with Gasteiger partial charge in [-0.3, -0.25) is 10.1 Å². The fourth-order valence-electron chi connectivity index (χ4n) is 2.69. The molecule has 0 saturated carbocycles. The first kappa shape index (κ1) is 17.4. The predicted molar refractivity (Wildman–Crippen MR) is 109 cm³/mol. The molecule has 28 heavy (non-hydrogen) atoms. The van der Waals surface area contributed by atoms with E-state index in [4.69, 9.17) is 0 Å². The fourth-order valence-corrected chi connectivity index (χ4v) is 2.69. The lowest BCUT2D eigenvalue weighted by molar-refractivity contribution is 0.262. The monoisotopic (exact) mass is 373 g/mol. The number of nitrogens with zero attached hydrogens (tertiary/aromatic N) is 2. The molecule has 3 N–H and O–H groups in total. The molecule has 0 aliphatic carbocycles. The third kappa shape index (κ3) is 4.04. The predicted octanol–water partition coefficient (Wildman–Crippen LogP) is 5.10. The van der Waals surface area contributed by atoms with Gasteiger partial charge in [-0.15, -0.1) is 0 Å². The molecule has 0 aliphatic heterocycles. The molecular weight excluding hydrogens is 357 g/mol. The Morgan fingerprint density at radius 3 is 2.46 bits per heavy atom. The number of aromatic amines is 1. The van der Waals surface area contributed by atoms with Crippen LogP contribution in [0, 0.1) is 5.82 Å². The van der Waals surface area contributed by atoms with E-state index < -0.39 is 6.03 Å². The summed E-state index contributed by atoms with van der Waals surface area (Å²) in [6.45, 7) is 0. The van der Waals surface area contributed by atoms with Crippen molar-refractivity contribution in [2.24, 2.45) is 4.99 Å².